The molecule has 0 saturated heterocycles. The van der Waals surface area contributed by atoms with Crippen molar-refractivity contribution in [1.82, 2.24) is 0 Å². The Kier molecular flexibility index (Phi) is 5.19. The topological polar surface area (TPSA) is 43.4 Å². The van der Waals surface area contributed by atoms with E-state index in [1.807, 2.05) is 0 Å². The zero-order valence-corrected chi connectivity index (χ0v) is 12.2. The lowest BCUT2D eigenvalue weighted by Crippen LogP contribution is -2.20. The summed E-state index contributed by atoms with van der Waals surface area (Å²) in [5.74, 6) is -6.58. The van der Waals surface area contributed by atoms with Crippen molar-refractivity contribution in [3.8, 4) is 5.75 Å². The molecule has 0 saturated carbocycles. The lowest BCUT2D eigenvalue weighted by molar-refractivity contribution is 0.0792. The third-order valence-corrected chi connectivity index (χ3v) is 4.89. The fraction of sp³-hybridized carbons (Fsp3) is 0.500. The summed E-state index contributed by atoms with van der Waals surface area (Å²) < 4.78 is 93.6. The summed E-state index contributed by atoms with van der Waals surface area (Å²) in [6.45, 7) is 2.01. The zero-order valence-electron chi connectivity index (χ0n) is 11.4. The summed E-state index contributed by atoms with van der Waals surface area (Å²) in [5, 5.41) is -1.18. The van der Waals surface area contributed by atoms with Crippen LogP contribution >= 0.6 is 0 Å². The van der Waals surface area contributed by atoms with E-state index in [9.17, 15) is 30.4 Å². The van der Waals surface area contributed by atoms with Crippen LogP contribution in [0.5, 0.6) is 5.75 Å². The van der Waals surface area contributed by atoms with Gasteiger partial charge in [0.1, 0.15) is 17.3 Å². The number of hydrogen-bond donors (Lipinski definition) is 0. The Morgan fingerprint density at radius 2 is 1.57 bits per heavy atom. The minimum atomic E-state index is -4.40. The lowest BCUT2D eigenvalue weighted by Gasteiger charge is -2.17. The maximum absolute atomic E-state index is 13.8. The highest BCUT2D eigenvalue weighted by atomic mass is 32.2. The van der Waals surface area contributed by atoms with Crippen molar-refractivity contribution in [2.45, 2.75) is 37.3 Å². The Hall–Kier alpha value is -1.38. The lowest BCUT2D eigenvalue weighted by atomic mass is 10.2. The van der Waals surface area contributed by atoms with Gasteiger partial charge >= 0.3 is 0 Å². The van der Waals surface area contributed by atoms with Crippen molar-refractivity contribution >= 4 is 9.84 Å². The smallest absolute Gasteiger partial charge is 0.272 e. The second kappa shape index (κ2) is 6.17. The first kappa shape index (κ1) is 17.7. The predicted octanol–water partition coefficient (Wildman–Crippen LogP) is 3.24. The second-order valence-corrected chi connectivity index (χ2v) is 6.96. The molecule has 0 aliphatic heterocycles. The molecule has 0 aromatic heterocycles. The Morgan fingerprint density at radius 3 is 2.00 bits per heavy atom. The number of halogens is 5. The van der Waals surface area contributed by atoms with Gasteiger partial charge in [-0.05, 0) is 20.8 Å². The number of rotatable bonds is 5. The van der Waals surface area contributed by atoms with E-state index in [-0.39, 0.29) is 0 Å². The van der Waals surface area contributed by atoms with Crippen molar-refractivity contribution in [2.75, 3.05) is 6.61 Å². The van der Waals surface area contributed by atoms with Gasteiger partial charge < -0.3 is 4.74 Å². The summed E-state index contributed by atoms with van der Waals surface area (Å²) in [5.41, 5.74) is -0.686. The Morgan fingerprint density at radius 1 is 1.05 bits per heavy atom. The minimum absolute atomic E-state index is 0.686. The highest BCUT2D eigenvalue weighted by molar-refractivity contribution is 7.92. The van der Waals surface area contributed by atoms with Gasteiger partial charge in [0.25, 0.3) is 6.43 Å². The van der Waals surface area contributed by atoms with E-state index in [1.165, 1.54) is 13.8 Å². The van der Waals surface area contributed by atoms with Crippen molar-refractivity contribution in [3.05, 3.63) is 23.0 Å². The third-order valence-electron chi connectivity index (χ3n) is 2.72. The van der Waals surface area contributed by atoms with Gasteiger partial charge in [0.05, 0.1) is 5.25 Å². The van der Waals surface area contributed by atoms with E-state index in [4.69, 9.17) is 0 Å². The van der Waals surface area contributed by atoms with Crippen molar-refractivity contribution in [2.24, 2.45) is 0 Å². The van der Waals surface area contributed by atoms with Gasteiger partial charge in [-0.15, -0.1) is 0 Å². The van der Waals surface area contributed by atoms with E-state index in [1.54, 1.807) is 0 Å². The molecule has 0 bridgehead atoms. The summed E-state index contributed by atoms with van der Waals surface area (Å²) in [6.07, 6.45) is -2.99. The predicted molar refractivity (Wildman–Crippen MR) is 64.9 cm³/mol. The van der Waals surface area contributed by atoms with E-state index in [0.717, 1.165) is 6.92 Å². The molecule has 0 heterocycles. The number of hydrogen-bond acceptors (Lipinski definition) is 3. The summed E-state index contributed by atoms with van der Waals surface area (Å²) >= 11 is 0. The molecule has 0 aliphatic carbocycles. The van der Waals surface area contributed by atoms with E-state index in [2.05, 4.69) is 4.74 Å². The molecule has 1 aromatic carbocycles. The number of alkyl halides is 2. The van der Waals surface area contributed by atoms with Gasteiger partial charge in [-0.25, -0.2) is 30.4 Å². The standard InChI is InChI=1S/C12H13F5O3S/c1-5(2)21(18,19)12-10(17)9(16)8(15)6(3)11(12)20-4-7(13)14/h5,7H,4H2,1-3H3. The van der Waals surface area contributed by atoms with E-state index in [0.29, 0.717) is 0 Å². The number of sulfone groups is 1. The molecule has 0 radical (unpaired) electrons. The van der Waals surface area contributed by atoms with Gasteiger partial charge in [-0.2, -0.15) is 0 Å². The van der Waals surface area contributed by atoms with Gasteiger partial charge in [0, 0.05) is 5.56 Å². The van der Waals surface area contributed by atoms with Gasteiger partial charge in [-0.1, -0.05) is 0 Å². The van der Waals surface area contributed by atoms with Crippen LogP contribution < -0.4 is 4.74 Å². The molecule has 0 fully saturated rings. The first-order valence-corrected chi connectivity index (χ1v) is 7.38. The molecule has 3 nitrogen and oxygen atoms in total. The highest BCUT2D eigenvalue weighted by Gasteiger charge is 2.34. The fourth-order valence-electron chi connectivity index (χ4n) is 1.54. The summed E-state index contributed by atoms with van der Waals surface area (Å²) in [4.78, 5) is -1.24. The van der Waals surface area contributed by atoms with E-state index < -0.39 is 61.8 Å². The molecule has 1 rings (SSSR count). The highest BCUT2D eigenvalue weighted by Crippen LogP contribution is 2.36. The molecular formula is C12H13F5O3S. The van der Waals surface area contributed by atoms with Crippen LogP contribution in [0.3, 0.4) is 0 Å². The van der Waals surface area contributed by atoms with Gasteiger partial charge in [0.15, 0.2) is 27.3 Å². The molecule has 0 atom stereocenters. The van der Waals surface area contributed by atoms with Crippen molar-refractivity contribution in [1.29, 1.82) is 0 Å². The molecule has 21 heavy (non-hydrogen) atoms. The normalized spacial score (nSPS) is 12.3. The van der Waals surface area contributed by atoms with E-state index >= 15 is 0 Å². The van der Waals surface area contributed by atoms with Crippen LogP contribution in [-0.2, 0) is 9.84 Å². The van der Waals surface area contributed by atoms with Gasteiger partial charge in [0.2, 0.25) is 0 Å². The van der Waals surface area contributed by atoms with Crippen molar-refractivity contribution in [3.63, 3.8) is 0 Å². The molecule has 0 amide bonds. The first-order valence-electron chi connectivity index (χ1n) is 5.83. The Labute approximate surface area is 118 Å². The number of ether oxygens (including phenoxy) is 1. The van der Waals surface area contributed by atoms with Crippen LogP contribution in [0.2, 0.25) is 0 Å². The maximum atomic E-state index is 13.8. The fourth-order valence-corrected chi connectivity index (χ4v) is 2.82. The van der Waals surface area contributed by atoms with Crippen LogP contribution in [0.4, 0.5) is 22.0 Å². The molecule has 120 valence electrons. The Balaban J connectivity index is 3.67. The van der Waals surface area contributed by atoms with Crippen LogP contribution in [0, 0.1) is 24.4 Å². The summed E-state index contributed by atoms with van der Waals surface area (Å²) in [7, 11) is -4.40. The second-order valence-electron chi connectivity index (χ2n) is 4.52. The zero-order chi connectivity index (χ0) is 16.5. The third kappa shape index (κ3) is 3.28. The molecule has 0 unspecified atom stereocenters. The Bertz CT molecular complexity index is 641. The number of benzene rings is 1. The first-order chi connectivity index (χ1) is 9.51. The monoisotopic (exact) mass is 332 g/mol. The molecule has 1 aromatic rings. The minimum Gasteiger partial charge on any atom is -0.486 e. The van der Waals surface area contributed by atoms with Crippen LogP contribution in [0.1, 0.15) is 19.4 Å². The van der Waals surface area contributed by atoms with Gasteiger partial charge in [-0.3, -0.25) is 0 Å². The molecule has 9 heteroatoms. The van der Waals surface area contributed by atoms with Crippen LogP contribution in [0.25, 0.3) is 0 Å². The average Bonchev–Trinajstić information content (AvgIpc) is 2.38. The van der Waals surface area contributed by atoms with Crippen LogP contribution in [-0.4, -0.2) is 26.7 Å². The average molecular weight is 332 g/mol. The molecule has 0 spiro atoms. The maximum Gasteiger partial charge on any atom is 0.272 e. The summed E-state index contributed by atoms with van der Waals surface area (Å²) in [6, 6.07) is 0. The quantitative estimate of drug-likeness (QED) is 0.472. The van der Waals surface area contributed by atoms with Crippen LogP contribution in [0.15, 0.2) is 4.90 Å². The molecular weight excluding hydrogens is 319 g/mol. The largest absolute Gasteiger partial charge is 0.486 e. The molecule has 0 N–H and O–H groups in total. The van der Waals surface area contributed by atoms with Crippen molar-refractivity contribution < 1.29 is 35.1 Å². The molecule has 0 aliphatic rings. The SMILES string of the molecule is Cc1c(F)c(F)c(F)c(S(=O)(=O)C(C)C)c1OCC(F)F.